The molecule has 0 aliphatic carbocycles. The Hall–Kier alpha value is -3.27. The summed E-state index contributed by atoms with van der Waals surface area (Å²) in [6.07, 6.45) is 2.00. The highest BCUT2D eigenvalue weighted by Gasteiger charge is 2.25. The molecule has 0 fully saturated rings. The van der Waals surface area contributed by atoms with E-state index in [0.29, 0.717) is 27.9 Å². The molecule has 0 aliphatic heterocycles. The number of hydrogen-bond acceptors (Lipinski definition) is 6. The molecule has 4 rings (SSSR count). The van der Waals surface area contributed by atoms with Gasteiger partial charge in [-0.1, -0.05) is 56.4 Å². The molecule has 36 heavy (non-hydrogen) atoms. The van der Waals surface area contributed by atoms with E-state index in [0.717, 1.165) is 15.7 Å². The van der Waals surface area contributed by atoms with E-state index in [1.54, 1.807) is 37.4 Å². The minimum Gasteiger partial charge on any atom is -0.341 e. The molecule has 0 radical (unpaired) electrons. The first-order chi connectivity index (χ1) is 17.3. The quantitative estimate of drug-likeness (QED) is 0.277. The van der Waals surface area contributed by atoms with E-state index in [2.05, 4.69) is 41.7 Å². The van der Waals surface area contributed by atoms with Crippen molar-refractivity contribution in [3.63, 3.8) is 0 Å². The van der Waals surface area contributed by atoms with Crippen LogP contribution in [0.5, 0.6) is 0 Å². The van der Waals surface area contributed by atoms with E-state index in [1.807, 2.05) is 36.4 Å². The molecule has 2 aromatic carbocycles. The molecule has 0 saturated carbocycles. The number of pyridine rings is 1. The van der Waals surface area contributed by atoms with Gasteiger partial charge >= 0.3 is 11.8 Å². The largest absolute Gasteiger partial charge is 0.341 e. The Morgan fingerprint density at radius 2 is 1.75 bits per heavy atom. The average molecular weight is 589 g/mol. The van der Waals surface area contributed by atoms with Crippen LogP contribution in [0, 0.1) is 0 Å². The minimum absolute atomic E-state index is 0.170. The number of rotatable bonds is 7. The first-order valence-electron chi connectivity index (χ1n) is 10.9. The number of benzene rings is 2. The van der Waals surface area contributed by atoms with Gasteiger partial charge in [0.15, 0.2) is 0 Å². The van der Waals surface area contributed by atoms with Crippen LogP contribution in [0.4, 0.5) is 0 Å². The first-order valence-corrected chi connectivity index (χ1v) is 12.4. The van der Waals surface area contributed by atoms with Crippen molar-refractivity contribution in [1.82, 2.24) is 25.8 Å². The van der Waals surface area contributed by atoms with Crippen LogP contribution in [0.1, 0.15) is 36.2 Å². The lowest BCUT2D eigenvalue weighted by Crippen LogP contribution is -2.43. The zero-order valence-electron chi connectivity index (χ0n) is 18.9. The Kier molecular flexibility index (Phi) is 8.35. The van der Waals surface area contributed by atoms with Crippen LogP contribution >= 0.6 is 39.1 Å². The zero-order valence-corrected chi connectivity index (χ0v) is 22.0. The molecule has 0 saturated heterocycles. The summed E-state index contributed by atoms with van der Waals surface area (Å²) >= 11 is 15.6. The summed E-state index contributed by atoms with van der Waals surface area (Å²) in [6, 6.07) is 16.6. The molecular formula is C25H20BrCl2N5O3. The van der Waals surface area contributed by atoms with Crippen molar-refractivity contribution >= 4 is 50.9 Å². The molecule has 8 nitrogen and oxygen atoms in total. The number of nitrogens with one attached hydrogen (secondary N) is 2. The van der Waals surface area contributed by atoms with Crippen LogP contribution in [0.25, 0.3) is 11.4 Å². The van der Waals surface area contributed by atoms with E-state index in [9.17, 15) is 9.59 Å². The van der Waals surface area contributed by atoms with Crippen molar-refractivity contribution in [1.29, 1.82) is 0 Å². The molecule has 2 unspecified atom stereocenters. The first kappa shape index (κ1) is 25.8. The maximum absolute atomic E-state index is 12.8. The highest BCUT2D eigenvalue weighted by atomic mass is 79.9. The molecule has 2 aromatic heterocycles. The number of amides is 2. The molecular weight excluding hydrogens is 569 g/mol. The predicted molar refractivity (Wildman–Crippen MR) is 139 cm³/mol. The number of aromatic nitrogens is 3. The molecule has 0 bridgehead atoms. The molecule has 11 heteroatoms. The van der Waals surface area contributed by atoms with Gasteiger partial charge in [0.25, 0.3) is 0 Å². The Morgan fingerprint density at radius 3 is 2.44 bits per heavy atom. The number of carbonyl (C=O) groups excluding carboxylic acids is 2. The summed E-state index contributed by atoms with van der Waals surface area (Å²) in [5.74, 6) is -1.14. The monoisotopic (exact) mass is 587 g/mol. The van der Waals surface area contributed by atoms with Crippen LogP contribution in [0.2, 0.25) is 10.0 Å². The second-order valence-corrected chi connectivity index (χ2v) is 9.61. The number of halogens is 3. The molecule has 184 valence electrons. The van der Waals surface area contributed by atoms with Gasteiger partial charge < -0.3 is 15.2 Å². The van der Waals surface area contributed by atoms with Gasteiger partial charge in [-0.05, 0) is 61.0 Å². The lowest BCUT2D eigenvalue weighted by molar-refractivity contribution is -0.140. The van der Waals surface area contributed by atoms with Crippen LogP contribution < -0.4 is 10.6 Å². The van der Waals surface area contributed by atoms with Crippen molar-refractivity contribution in [3.05, 3.63) is 98.5 Å². The van der Waals surface area contributed by atoms with Gasteiger partial charge in [0.05, 0.1) is 16.1 Å². The van der Waals surface area contributed by atoms with Gasteiger partial charge in [-0.15, -0.1) is 0 Å². The molecule has 2 atom stereocenters. The van der Waals surface area contributed by atoms with Gasteiger partial charge in [-0.25, -0.2) is 0 Å². The smallest absolute Gasteiger partial charge is 0.309 e. The molecule has 0 aliphatic rings. The van der Waals surface area contributed by atoms with Crippen LogP contribution in [0.15, 0.2) is 75.9 Å². The van der Waals surface area contributed by atoms with Crippen molar-refractivity contribution < 1.29 is 14.1 Å². The summed E-state index contributed by atoms with van der Waals surface area (Å²) in [5, 5.41) is 10.0. The van der Waals surface area contributed by atoms with Crippen molar-refractivity contribution in [2.24, 2.45) is 0 Å². The molecule has 2 amide bonds. The van der Waals surface area contributed by atoms with Crippen LogP contribution in [-0.2, 0) is 16.0 Å². The fourth-order valence-electron chi connectivity index (χ4n) is 3.38. The maximum atomic E-state index is 12.8. The van der Waals surface area contributed by atoms with Gasteiger partial charge in [-0.3, -0.25) is 14.6 Å². The van der Waals surface area contributed by atoms with Crippen LogP contribution in [-0.4, -0.2) is 26.9 Å². The summed E-state index contributed by atoms with van der Waals surface area (Å²) in [6.45, 7) is 1.65. The van der Waals surface area contributed by atoms with Gasteiger partial charge in [0.1, 0.15) is 6.04 Å². The van der Waals surface area contributed by atoms with Gasteiger partial charge in [0, 0.05) is 28.3 Å². The fourth-order valence-corrected chi connectivity index (χ4v) is 3.96. The maximum Gasteiger partial charge on any atom is 0.309 e. The third kappa shape index (κ3) is 6.48. The highest BCUT2D eigenvalue weighted by Crippen LogP contribution is 2.27. The normalized spacial score (nSPS) is 12.6. The molecule has 0 spiro atoms. The van der Waals surface area contributed by atoms with E-state index in [1.165, 1.54) is 0 Å². The Morgan fingerprint density at radius 1 is 1.00 bits per heavy atom. The van der Waals surface area contributed by atoms with E-state index < -0.39 is 23.9 Å². The molecule has 2 N–H and O–H groups in total. The fraction of sp³-hybridized carbons (Fsp3) is 0.160. The Labute approximate surface area is 225 Å². The van der Waals surface area contributed by atoms with E-state index >= 15 is 0 Å². The summed E-state index contributed by atoms with van der Waals surface area (Å²) in [5.41, 5.74) is 2.16. The minimum atomic E-state index is -0.850. The zero-order chi connectivity index (χ0) is 25.7. The summed E-state index contributed by atoms with van der Waals surface area (Å²) in [4.78, 5) is 34.2. The Bertz CT molecular complexity index is 1370. The van der Waals surface area contributed by atoms with Gasteiger partial charge in [0.2, 0.25) is 11.7 Å². The van der Waals surface area contributed by atoms with E-state index in [-0.39, 0.29) is 5.89 Å². The third-order valence-electron chi connectivity index (χ3n) is 5.26. The summed E-state index contributed by atoms with van der Waals surface area (Å²) < 4.78 is 6.21. The predicted octanol–water partition coefficient (Wildman–Crippen LogP) is 5.48. The lowest BCUT2D eigenvalue weighted by atomic mass is 10.0. The number of nitrogens with zero attached hydrogens (tertiary/aromatic N) is 3. The highest BCUT2D eigenvalue weighted by molar-refractivity contribution is 9.10. The molecule has 4 aromatic rings. The lowest BCUT2D eigenvalue weighted by Gasteiger charge is -2.20. The SMILES string of the molecule is CC(NC(=O)C(=O)NC(Cc1ccccn1)c1ccc(Cl)c(Cl)c1)c1nc(-c2ccc(Br)cc2)no1. The van der Waals surface area contributed by atoms with Gasteiger partial charge in [-0.2, -0.15) is 4.98 Å². The molecule has 2 heterocycles. The second kappa shape index (κ2) is 11.6. The second-order valence-electron chi connectivity index (χ2n) is 7.88. The standard InChI is InChI=1S/C25H20BrCl2N5O3/c1-14(25-32-22(33-36-25)15-5-8-17(26)9-6-15)30-23(34)24(35)31-21(13-18-4-2-3-11-29-18)16-7-10-19(27)20(28)12-16/h2-12,14,21H,13H2,1H3,(H,30,34)(H,31,35). The summed E-state index contributed by atoms with van der Waals surface area (Å²) in [7, 11) is 0. The van der Waals surface area contributed by atoms with Crippen LogP contribution in [0.3, 0.4) is 0 Å². The average Bonchev–Trinajstić information content (AvgIpc) is 3.37. The van der Waals surface area contributed by atoms with Crippen molar-refractivity contribution in [2.45, 2.75) is 25.4 Å². The number of hydrogen-bond donors (Lipinski definition) is 2. The Balaban J connectivity index is 1.45. The number of carbonyl (C=O) groups is 2. The van der Waals surface area contributed by atoms with Crippen molar-refractivity contribution in [2.75, 3.05) is 0 Å². The van der Waals surface area contributed by atoms with Crippen molar-refractivity contribution in [3.8, 4) is 11.4 Å². The third-order valence-corrected chi connectivity index (χ3v) is 6.53. The van der Waals surface area contributed by atoms with E-state index in [4.69, 9.17) is 27.7 Å². The topological polar surface area (TPSA) is 110 Å².